The maximum atomic E-state index is 10.8. The van der Waals surface area contributed by atoms with Gasteiger partial charge in [0.05, 0.1) is 0 Å². The molecule has 7 heteroatoms. The second kappa shape index (κ2) is 9.02. The van der Waals surface area contributed by atoms with Gasteiger partial charge in [-0.1, -0.05) is 42.1 Å². The van der Waals surface area contributed by atoms with Crippen molar-refractivity contribution < 1.29 is 70.5 Å². The van der Waals surface area contributed by atoms with Crippen molar-refractivity contribution in [2.45, 2.75) is 5.75 Å². The average Bonchev–Trinajstić information content (AvgIpc) is 2.14. The number of carbonyl (C=O) groups is 1. The van der Waals surface area contributed by atoms with Gasteiger partial charge in [0.1, 0.15) is 0 Å². The number of thioether (sulfide) groups is 1. The van der Waals surface area contributed by atoms with Gasteiger partial charge in [-0.15, -0.1) is 0 Å². The molecule has 0 aliphatic carbocycles. The van der Waals surface area contributed by atoms with E-state index in [2.05, 4.69) is 0 Å². The minimum Gasteiger partial charge on any atom is -0.358 e. The number of rotatable bonds is 3. The number of benzene rings is 1. The second-order valence-corrected chi connectivity index (χ2v) is 5.33. The van der Waals surface area contributed by atoms with Crippen molar-refractivity contribution in [2.75, 3.05) is 0 Å². The van der Waals surface area contributed by atoms with Gasteiger partial charge in [0.25, 0.3) is 0 Å². The summed E-state index contributed by atoms with van der Waals surface area (Å²) in [5.41, 5.74) is 0.860. The summed E-state index contributed by atoms with van der Waals surface area (Å²) >= 11 is 0.634. The fourth-order valence-corrected chi connectivity index (χ4v) is 2.15. The molecule has 16 heavy (non-hydrogen) atoms. The molecule has 0 unspecified atom stereocenters. The Kier molecular flexibility index (Phi) is 10.9. The van der Waals surface area contributed by atoms with Crippen LogP contribution in [0.2, 0.25) is 0 Å². The Labute approximate surface area is 142 Å². The minimum atomic E-state index is -4.57. The summed E-state index contributed by atoms with van der Waals surface area (Å²) in [4.78, 5) is 26.8. The zero-order valence-corrected chi connectivity index (χ0v) is 14.0. The van der Waals surface area contributed by atoms with Crippen molar-refractivity contribution in [2.24, 2.45) is 0 Å². The average molecular weight is 286 g/mol. The summed E-state index contributed by atoms with van der Waals surface area (Å²) in [6.07, 6.45) is 0. The first-order chi connectivity index (χ1) is 6.50. The first-order valence-electron chi connectivity index (χ1n) is 3.77. The molecule has 0 saturated heterocycles. The normalized spacial score (nSPS) is 9.88. The first-order valence-corrected chi connectivity index (χ1v) is 6.37. The third kappa shape index (κ3) is 7.37. The zero-order chi connectivity index (χ0) is 10.6. The Morgan fingerprint density at radius 2 is 1.75 bits per heavy atom. The first kappa shape index (κ1) is 19.4. The third-order valence-electron chi connectivity index (χ3n) is 1.44. The fourth-order valence-electron chi connectivity index (χ4n) is 0.803. The third-order valence-corrected chi connectivity index (χ3v) is 3.74. The van der Waals surface area contributed by atoms with Crippen molar-refractivity contribution in [1.82, 2.24) is 0 Å². The van der Waals surface area contributed by atoms with Gasteiger partial charge in [-0.05, 0) is 5.56 Å². The predicted molar refractivity (Wildman–Crippen MR) is 61.6 cm³/mol. The molecule has 0 amide bonds. The molecule has 1 rings (SSSR count). The molecule has 0 saturated carbocycles. The van der Waals surface area contributed by atoms with Crippen molar-refractivity contribution in [3.8, 4) is 0 Å². The summed E-state index contributed by atoms with van der Waals surface area (Å²) in [6.45, 7) is 0. The molecule has 0 bridgehead atoms. The fraction of sp³-hybridized carbons (Fsp3) is 0.111. The maximum Gasteiger partial charge on any atom is 1.00 e. The Bertz CT molecular complexity index is 365. The molecule has 4 nitrogen and oxygen atoms in total. The van der Waals surface area contributed by atoms with E-state index in [0.29, 0.717) is 11.8 Å². The summed E-state index contributed by atoms with van der Waals surface area (Å²) in [5.74, 6) is 0.283. The quantitative estimate of drug-likeness (QED) is 0.452. The number of carbonyl (C=O) groups excluding carboxylic acids is 1. The van der Waals surface area contributed by atoms with Crippen molar-refractivity contribution in [1.29, 1.82) is 0 Å². The van der Waals surface area contributed by atoms with Crippen molar-refractivity contribution in [3.63, 3.8) is 0 Å². The van der Waals surface area contributed by atoms with Gasteiger partial charge in [-0.2, -0.15) is 0 Å². The summed E-state index contributed by atoms with van der Waals surface area (Å²) in [7, 11) is -4.57. The van der Waals surface area contributed by atoms with Crippen LogP contribution < -0.4 is 51.4 Å². The maximum absolute atomic E-state index is 10.8. The molecule has 0 aliphatic heterocycles. The Morgan fingerprint density at radius 1 is 1.25 bits per heavy atom. The van der Waals surface area contributed by atoms with Crippen molar-refractivity contribution >= 4 is 24.2 Å². The van der Waals surface area contributed by atoms with Gasteiger partial charge in [-0.3, -0.25) is 9.36 Å². The van der Waals surface area contributed by atoms with Gasteiger partial charge in [0.2, 0.25) is 0 Å². The SMILES string of the molecule is O=C(SCc1ccccc1)P(=O)(O)O.[CH3-].[K+]. The van der Waals surface area contributed by atoms with Crippen LogP contribution in [-0.4, -0.2) is 14.6 Å². The van der Waals surface area contributed by atoms with E-state index in [4.69, 9.17) is 9.79 Å². The molecular weight excluding hydrogens is 274 g/mol. The second-order valence-electron chi connectivity index (χ2n) is 2.58. The van der Waals surface area contributed by atoms with Gasteiger partial charge in [0.15, 0.2) is 0 Å². The molecule has 84 valence electrons. The van der Waals surface area contributed by atoms with Crippen LogP contribution in [0.15, 0.2) is 30.3 Å². The summed E-state index contributed by atoms with van der Waals surface area (Å²) in [5, 5.41) is 0. The van der Waals surface area contributed by atoms with E-state index in [1.807, 2.05) is 6.07 Å². The van der Waals surface area contributed by atoms with E-state index in [9.17, 15) is 9.36 Å². The topological polar surface area (TPSA) is 74.6 Å². The monoisotopic (exact) mass is 286 g/mol. The van der Waals surface area contributed by atoms with E-state index in [-0.39, 0.29) is 64.6 Å². The van der Waals surface area contributed by atoms with Crippen molar-refractivity contribution in [3.05, 3.63) is 43.3 Å². The molecular formula is C9H12KO4PS. The Morgan fingerprint density at radius 3 is 2.19 bits per heavy atom. The van der Waals surface area contributed by atoms with Crippen LogP contribution in [0.3, 0.4) is 0 Å². The van der Waals surface area contributed by atoms with Crippen LogP contribution in [0.5, 0.6) is 0 Å². The molecule has 0 atom stereocenters. The van der Waals surface area contributed by atoms with Crippen LogP contribution >= 0.6 is 19.4 Å². The number of hydrogen-bond acceptors (Lipinski definition) is 3. The molecule has 0 spiro atoms. The van der Waals surface area contributed by atoms with Gasteiger partial charge in [-0.25, -0.2) is 0 Å². The largest absolute Gasteiger partial charge is 1.00 e. The van der Waals surface area contributed by atoms with E-state index < -0.39 is 12.5 Å². The Balaban J connectivity index is 0. The van der Waals surface area contributed by atoms with E-state index in [1.165, 1.54) is 0 Å². The molecule has 0 aliphatic rings. The molecule has 1 aromatic carbocycles. The molecule has 0 heterocycles. The van der Waals surface area contributed by atoms with Crippen LogP contribution in [0.4, 0.5) is 4.79 Å². The molecule has 0 fully saturated rings. The molecule has 1 aromatic rings. The van der Waals surface area contributed by atoms with Gasteiger partial charge >= 0.3 is 63.8 Å². The van der Waals surface area contributed by atoms with Crippen LogP contribution in [-0.2, 0) is 10.3 Å². The Hall–Kier alpha value is 1.03. The van der Waals surface area contributed by atoms with Gasteiger partial charge < -0.3 is 17.2 Å². The standard InChI is InChI=1S/C8H9O4PS.CH3.K/c9-8(13(10,11)12)14-6-7-4-2-1-3-5-7;;/h1-5H,6H2,(H2,10,11,12);1H3;/q;-1;+1. The predicted octanol–water partition coefficient (Wildman–Crippen LogP) is -0.328. The van der Waals surface area contributed by atoms with Crippen LogP contribution in [0.1, 0.15) is 5.56 Å². The summed E-state index contributed by atoms with van der Waals surface area (Å²) < 4.78 is 10.5. The zero-order valence-electron chi connectivity index (χ0n) is 9.16. The van der Waals surface area contributed by atoms with Crippen LogP contribution in [0.25, 0.3) is 0 Å². The smallest absolute Gasteiger partial charge is 0.358 e. The molecule has 0 radical (unpaired) electrons. The van der Waals surface area contributed by atoms with E-state index >= 15 is 0 Å². The van der Waals surface area contributed by atoms with Gasteiger partial charge in [0, 0.05) is 5.75 Å². The van der Waals surface area contributed by atoms with Crippen LogP contribution in [0, 0.1) is 7.43 Å². The number of hydrogen-bond donors (Lipinski definition) is 2. The molecule has 2 N–H and O–H groups in total. The summed E-state index contributed by atoms with van der Waals surface area (Å²) in [6, 6.07) is 9.02. The molecule has 0 aromatic heterocycles. The van der Waals surface area contributed by atoms with E-state index in [0.717, 1.165) is 5.56 Å². The van der Waals surface area contributed by atoms with E-state index in [1.54, 1.807) is 24.3 Å². The minimum absolute atomic E-state index is 0.